The Kier molecular flexibility index (Phi) is 2.92. The summed E-state index contributed by atoms with van der Waals surface area (Å²) < 4.78 is 4.55. The van der Waals surface area contributed by atoms with E-state index >= 15 is 0 Å². The summed E-state index contributed by atoms with van der Waals surface area (Å²) in [7, 11) is 1.31. The number of esters is 1. The zero-order chi connectivity index (χ0) is 11.5. The number of carbonyl (C=O) groups excluding carboxylic acids is 1. The molecule has 0 saturated heterocycles. The second-order valence-electron chi connectivity index (χ2n) is 3.15. The number of hydrogen-bond acceptors (Lipinski definition) is 3. The molecule has 16 heavy (non-hydrogen) atoms. The highest BCUT2D eigenvalue weighted by molar-refractivity contribution is 6.30. The fourth-order valence-corrected chi connectivity index (χ4v) is 1.51. The Morgan fingerprint density at radius 3 is 3.00 bits per heavy atom. The number of methoxy groups -OCH3 is 1. The van der Waals surface area contributed by atoms with Crippen molar-refractivity contribution in [1.82, 2.24) is 9.97 Å². The number of ether oxygens (including phenoxy) is 1. The fourth-order valence-electron chi connectivity index (χ4n) is 1.32. The quantitative estimate of drug-likeness (QED) is 0.816. The monoisotopic (exact) mass is 236 g/mol. The molecule has 4 nitrogen and oxygen atoms in total. The predicted octanol–water partition coefficient (Wildman–Crippen LogP) is 2.52. The molecule has 0 saturated carbocycles. The van der Waals surface area contributed by atoms with Crippen LogP contribution in [0.15, 0.2) is 30.5 Å². The fraction of sp³-hybridized carbons (Fsp3) is 0.0909. The summed E-state index contributed by atoms with van der Waals surface area (Å²) in [5.41, 5.74) is 1.60. The third kappa shape index (κ3) is 2.06. The van der Waals surface area contributed by atoms with Crippen molar-refractivity contribution in [2.24, 2.45) is 0 Å². The zero-order valence-corrected chi connectivity index (χ0v) is 9.28. The molecular formula is C11H9ClN2O2. The summed E-state index contributed by atoms with van der Waals surface area (Å²) in [5.74, 6) is -0.314. The molecular weight excluding hydrogens is 228 g/mol. The molecule has 0 radical (unpaired) electrons. The summed E-state index contributed by atoms with van der Waals surface area (Å²) in [6.07, 6.45) is 1.57. The van der Waals surface area contributed by atoms with Crippen molar-refractivity contribution in [2.45, 2.75) is 0 Å². The Balaban J connectivity index is 2.35. The van der Waals surface area contributed by atoms with Gasteiger partial charge in [-0.25, -0.2) is 9.78 Å². The van der Waals surface area contributed by atoms with E-state index in [1.165, 1.54) is 7.11 Å². The lowest BCUT2D eigenvalue weighted by Gasteiger charge is -1.97. The molecule has 1 aromatic carbocycles. The van der Waals surface area contributed by atoms with Crippen molar-refractivity contribution < 1.29 is 9.53 Å². The van der Waals surface area contributed by atoms with Crippen molar-refractivity contribution in [3.8, 4) is 11.3 Å². The summed E-state index contributed by atoms with van der Waals surface area (Å²) in [5, 5.41) is 0.631. The van der Waals surface area contributed by atoms with Crippen molar-refractivity contribution in [3.63, 3.8) is 0 Å². The lowest BCUT2D eigenvalue weighted by atomic mass is 10.2. The predicted molar refractivity (Wildman–Crippen MR) is 60.4 cm³/mol. The van der Waals surface area contributed by atoms with Crippen molar-refractivity contribution in [2.75, 3.05) is 7.11 Å². The largest absolute Gasteiger partial charge is 0.463 e. The number of nitrogens with zero attached hydrogens (tertiary/aromatic N) is 1. The average molecular weight is 237 g/mol. The van der Waals surface area contributed by atoms with E-state index in [-0.39, 0.29) is 5.82 Å². The van der Waals surface area contributed by atoms with Gasteiger partial charge in [-0.1, -0.05) is 23.7 Å². The summed E-state index contributed by atoms with van der Waals surface area (Å²) in [4.78, 5) is 18.0. The van der Waals surface area contributed by atoms with Crippen LogP contribution in [0.3, 0.4) is 0 Å². The highest BCUT2D eigenvalue weighted by Crippen LogP contribution is 2.20. The minimum atomic E-state index is -0.492. The maximum absolute atomic E-state index is 11.2. The molecule has 0 aliphatic carbocycles. The minimum Gasteiger partial charge on any atom is -0.463 e. The second kappa shape index (κ2) is 4.37. The molecule has 1 aromatic heterocycles. The minimum absolute atomic E-state index is 0.178. The topological polar surface area (TPSA) is 55.0 Å². The van der Waals surface area contributed by atoms with Crippen LogP contribution in [0.25, 0.3) is 11.3 Å². The molecule has 0 spiro atoms. The first-order valence-electron chi connectivity index (χ1n) is 4.60. The third-order valence-corrected chi connectivity index (χ3v) is 2.33. The number of H-pyrrole nitrogens is 1. The molecule has 2 rings (SSSR count). The van der Waals surface area contributed by atoms with Crippen LogP contribution >= 0.6 is 11.6 Å². The van der Waals surface area contributed by atoms with Gasteiger partial charge in [0, 0.05) is 10.6 Å². The van der Waals surface area contributed by atoms with E-state index in [0.717, 1.165) is 11.3 Å². The standard InChI is InChI=1S/C11H9ClN2O2/c1-16-11(15)10-13-6-9(14-10)7-3-2-4-8(12)5-7/h2-6H,1H3,(H,13,14). The van der Waals surface area contributed by atoms with Gasteiger partial charge in [0.05, 0.1) is 19.0 Å². The SMILES string of the molecule is COC(=O)c1ncc(-c2cccc(Cl)c2)[nH]1. The summed E-state index contributed by atoms with van der Waals surface area (Å²) in [6.45, 7) is 0. The molecule has 5 heteroatoms. The highest BCUT2D eigenvalue weighted by Gasteiger charge is 2.10. The molecule has 0 atom stereocenters. The van der Waals surface area contributed by atoms with E-state index in [2.05, 4.69) is 14.7 Å². The van der Waals surface area contributed by atoms with Gasteiger partial charge in [0.2, 0.25) is 5.82 Å². The smallest absolute Gasteiger partial charge is 0.374 e. The molecule has 0 aliphatic rings. The van der Waals surface area contributed by atoms with E-state index in [1.807, 2.05) is 12.1 Å². The Morgan fingerprint density at radius 1 is 1.50 bits per heavy atom. The van der Waals surface area contributed by atoms with Gasteiger partial charge in [-0.15, -0.1) is 0 Å². The van der Waals surface area contributed by atoms with E-state index in [9.17, 15) is 4.79 Å². The third-order valence-electron chi connectivity index (χ3n) is 2.09. The molecule has 0 bridgehead atoms. The van der Waals surface area contributed by atoms with E-state index < -0.39 is 5.97 Å². The Hall–Kier alpha value is -1.81. The van der Waals surface area contributed by atoms with Crippen LogP contribution in [-0.4, -0.2) is 23.0 Å². The van der Waals surface area contributed by atoms with Gasteiger partial charge >= 0.3 is 5.97 Å². The van der Waals surface area contributed by atoms with Gasteiger partial charge in [0.15, 0.2) is 0 Å². The summed E-state index contributed by atoms with van der Waals surface area (Å²) in [6, 6.07) is 7.27. The highest BCUT2D eigenvalue weighted by atomic mass is 35.5. The van der Waals surface area contributed by atoms with Gasteiger partial charge in [-0.2, -0.15) is 0 Å². The molecule has 0 amide bonds. The molecule has 1 heterocycles. The van der Waals surface area contributed by atoms with Crippen LogP contribution in [0, 0.1) is 0 Å². The number of imidazole rings is 1. The Labute approximate surface area is 97.2 Å². The number of aromatic amines is 1. The lowest BCUT2D eigenvalue weighted by Crippen LogP contribution is -2.03. The molecule has 0 aliphatic heterocycles. The number of benzene rings is 1. The molecule has 1 N–H and O–H groups in total. The van der Waals surface area contributed by atoms with Crippen molar-refractivity contribution in [1.29, 1.82) is 0 Å². The van der Waals surface area contributed by atoms with E-state index in [0.29, 0.717) is 5.02 Å². The maximum Gasteiger partial charge on any atom is 0.374 e. The van der Waals surface area contributed by atoms with Gasteiger partial charge in [0.25, 0.3) is 0 Å². The van der Waals surface area contributed by atoms with Gasteiger partial charge < -0.3 is 9.72 Å². The van der Waals surface area contributed by atoms with Crippen LogP contribution in [0.4, 0.5) is 0 Å². The average Bonchev–Trinajstić information content (AvgIpc) is 2.77. The van der Waals surface area contributed by atoms with Crippen molar-refractivity contribution in [3.05, 3.63) is 41.3 Å². The van der Waals surface area contributed by atoms with Gasteiger partial charge in [-0.05, 0) is 12.1 Å². The van der Waals surface area contributed by atoms with Crippen LogP contribution in [0.1, 0.15) is 10.6 Å². The normalized spacial score (nSPS) is 10.1. The van der Waals surface area contributed by atoms with Crippen LogP contribution in [0.5, 0.6) is 0 Å². The van der Waals surface area contributed by atoms with E-state index in [4.69, 9.17) is 11.6 Å². The number of nitrogens with one attached hydrogen (secondary N) is 1. The Morgan fingerprint density at radius 2 is 2.31 bits per heavy atom. The van der Waals surface area contributed by atoms with Crippen LogP contribution < -0.4 is 0 Å². The van der Waals surface area contributed by atoms with Crippen LogP contribution in [0.2, 0.25) is 5.02 Å². The number of halogens is 1. The van der Waals surface area contributed by atoms with Gasteiger partial charge in [0.1, 0.15) is 0 Å². The first-order chi connectivity index (χ1) is 7.70. The van der Waals surface area contributed by atoms with Gasteiger partial charge in [-0.3, -0.25) is 0 Å². The number of hydrogen-bond donors (Lipinski definition) is 1. The first kappa shape index (κ1) is 10.7. The van der Waals surface area contributed by atoms with Crippen LogP contribution in [-0.2, 0) is 4.74 Å². The molecule has 0 unspecified atom stereocenters. The first-order valence-corrected chi connectivity index (χ1v) is 4.98. The molecule has 2 aromatic rings. The maximum atomic E-state index is 11.2. The van der Waals surface area contributed by atoms with E-state index in [1.54, 1.807) is 18.3 Å². The number of aromatic nitrogens is 2. The number of carbonyl (C=O) groups is 1. The summed E-state index contributed by atoms with van der Waals surface area (Å²) >= 11 is 5.87. The second-order valence-corrected chi connectivity index (χ2v) is 3.58. The lowest BCUT2D eigenvalue weighted by molar-refractivity contribution is 0.0588. The van der Waals surface area contributed by atoms with Crippen molar-refractivity contribution >= 4 is 17.6 Å². The Bertz CT molecular complexity index is 522. The molecule has 82 valence electrons. The zero-order valence-electron chi connectivity index (χ0n) is 8.53. The molecule has 0 fully saturated rings. The number of rotatable bonds is 2.